The Morgan fingerprint density at radius 3 is 2.60 bits per heavy atom. The number of rotatable bonds is 10. The average Bonchev–Trinajstić information content (AvgIpc) is 2.93. The van der Waals surface area contributed by atoms with Crippen LogP contribution in [-0.2, 0) is 19.1 Å². The third kappa shape index (κ3) is 6.24. The second-order valence-corrected chi connectivity index (χ2v) is 7.63. The summed E-state index contributed by atoms with van der Waals surface area (Å²) in [6.45, 7) is 4.94. The molecule has 162 valence electrons. The Morgan fingerprint density at radius 1 is 1.23 bits per heavy atom. The number of carbonyl (C=O) groups excluding carboxylic acids is 3. The lowest BCUT2D eigenvalue weighted by atomic mass is 10.1. The van der Waals surface area contributed by atoms with Gasteiger partial charge in [-0.05, 0) is 36.7 Å². The third-order valence-corrected chi connectivity index (χ3v) is 4.58. The first-order valence-corrected chi connectivity index (χ1v) is 10.1. The summed E-state index contributed by atoms with van der Waals surface area (Å²) < 4.78 is 15.8. The van der Waals surface area contributed by atoms with E-state index in [1.165, 1.54) is 6.08 Å². The van der Waals surface area contributed by atoms with E-state index >= 15 is 0 Å². The Hall–Kier alpha value is -3.01. The van der Waals surface area contributed by atoms with Gasteiger partial charge in [-0.1, -0.05) is 26.0 Å². The molecule has 0 saturated carbocycles. The van der Waals surface area contributed by atoms with Crippen LogP contribution in [0.15, 0.2) is 23.1 Å². The molecule has 1 aliphatic rings. The lowest BCUT2D eigenvalue weighted by Gasteiger charge is -2.14. The monoisotopic (exact) mass is 437 g/mol. The maximum absolute atomic E-state index is 12.6. The van der Waals surface area contributed by atoms with Crippen molar-refractivity contribution in [1.29, 1.82) is 0 Å². The van der Waals surface area contributed by atoms with Gasteiger partial charge in [0.25, 0.3) is 11.1 Å². The van der Waals surface area contributed by atoms with Crippen LogP contribution in [0.4, 0.5) is 4.79 Å². The van der Waals surface area contributed by atoms with Gasteiger partial charge in [0.15, 0.2) is 18.1 Å². The number of para-hydroxylation sites is 1. The first kappa shape index (κ1) is 23.3. The number of hydrogen-bond acceptors (Lipinski definition) is 8. The van der Waals surface area contributed by atoms with E-state index in [1.807, 2.05) is 13.8 Å². The number of thioether (sulfide) groups is 1. The van der Waals surface area contributed by atoms with Gasteiger partial charge in [0, 0.05) is 5.56 Å². The maximum atomic E-state index is 12.6. The fourth-order valence-corrected chi connectivity index (χ4v) is 3.25. The summed E-state index contributed by atoms with van der Waals surface area (Å²) in [5.41, 5.74) is 0.370. The van der Waals surface area contributed by atoms with Gasteiger partial charge in [-0.3, -0.25) is 19.3 Å². The van der Waals surface area contributed by atoms with Gasteiger partial charge in [-0.25, -0.2) is 4.79 Å². The van der Waals surface area contributed by atoms with E-state index in [2.05, 4.69) is 0 Å². The van der Waals surface area contributed by atoms with Gasteiger partial charge < -0.3 is 19.3 Å². The van der Waals surface area contributed by atoms with Crippen LogP contribution in [-0.4, -0.2) is 59.5 Å². The summed E-state index contributed by atoms with van der Waals surface area (Å²) in [7, 11) is 0. The average molecular weight is 437 g/mol. The molecular formula is C20H23NO8S. The molecule has 9 nitrogen and oxygen atoms in total. The highest BCUT2D eigenvalue weighted by Crippen LogP contribution is 2.37. The van der Waals surface area contributed by atoms with Crippen molar-refractivity contribution in [3.05, 3.63) is 28.7 Å². The molecule has 2 rings (SSSR count). The van der Waals surface area contributed by atoms with Crippen molar-refractivity contribution in [2.24, 2.45) is 5.92 Å². The van der Waals surface area contributed by atoms with Crippen molar-refractivity contribution in [2.45, 2.75) is 20.8 Å². The lowest BCUT2D eigenvalue weighted by Crippen LogP contribution is -2.34. The lowest BCUT2D eigenvalue weighted by molar-refractivity contribution is -0.147. The number of ether oxygens (including phenoxy) is 3. The van der Waals surface area contributed by atoms with Gasteiger partial charge in [0.1, 0.15) is 6.54 Å². The van der Waals surface area contributed by atoms with Gasteiger partial charge >= 0.3 is 11.9 Å². The van der Waals surface area contributed by atoms with Crippen molar-refractivity contribution in [3.63, 3.8) is 0 Å². The Kier molecular flexibility index (Phi) is 8.28. The number of carboxylic acids is 1. The number of amides is 2. The highest BCUT2D eigenvalue weighted by atomic mass is 32.2. The number of imide groups is 1. The molecule has 0 aliphatic carbocycles. The molecule has 0 radical (unpaired) electrons. The van der Waals surface area contributed by atoms with E-state index in [1.54, 1.807) is 25.1 Å². The van der Waals surface area contributed by atoms with E-state index < -0.39 is 36.2 Å². The van der Waals surface area contributed by atoms with Crippen molar-refractivity contribution in [1.82, 2.24) is 4.90 Å². The first-order valence-electron chi connectivity index (χ1n) is 9.24. The molecule has 1 aromatic carbocycles. The summed E-state index contributed by atoms with van der Waals surface area (Å²) in [6.07, 6.45) is 1.41. The molecule has 1 heterocycles. The molecule has 0 aromatic heterocycles. The van der Waals surface area contributed by atoms with Crippen LogP contribution < -0.4 is 9.47 Å². The Labute approximate surface area is 178 Å². The molecule has 1 N–H and O–H groups in total. The largest absolute Gasteiger partial charge is 0.490 e. The molecule has 1 aromatic rings. The van der Waals surface area contributed by atoms with Crippen LogP contribution in [0.2, 0.25) is 0 Å². The van der Waals surface area contributed by atoms with Crippen LogP contribution in [0.25, 0.3) is 6.08 Å². The van der Waals surface area contributed by atoms with Crippen LogP contribution in [0, 0.1) is 5.92 Å². The van der Waals surface area contributed by atoms with E-state index in [0.29, 0.717) is 29.7 Å². The van der Waals surface area contributed by atoms with E-state index in [0.717, 1.165) is 4.90 Å². The minimum atomic E-state index is -1.17. The molecule has 1 saturated heterocycles. The van der Waals surface area contributed by atoms with Gasteiger partial charge in [0.2, 0.25) is 0 Å². The molecule has 0 bridgehead atoms. The number of carbonyl (C=O) groups is 4. The van der Waals surface area contributed by atoms with Crippen LogP contribution in [0.1, 0.15) is 26.3 Å². The zero-order valence-electron chi connectivity index (χ0n) is 16.9. The third-order valence-electron chi connectivity index (χ3n) is 3.67. The summed E-state index contributed by atoms with van der Waals surface area (Å²) in [4.78, 5) is 48.5. The minimum absolute atomic E-state index is 0.0745. The minimum Gasteiger partial charge on any atom is -0.490 e. The second-order valence-electron chi connectivity index (χ2n) is 6.63. The standard InChI is InChI=1S/C20H23NO8S/c1-4-27-14-7-5-6-13(18(14)29-11-16(22)23)8-15-19(25)21(20(26)30-15)9-17(24)28-10-12(2)3/h5-8,12H,4,9-11H2,1-3H3,(H,22,23)/b15-8-. The van der Waals surface area contributed by atoms with E-state index in [4.69, 9.17) is 19.3 Å². The molecule has 30 heavy (non-hydrogen) atoms. The van der Waals surface area contributed by atoms with Crippen LogP contribution in [0.5, 0.6) is 11.5 Å². The number of hydrogen-bond donors (Lipinski definition) is 1. The predicted molar refractivity (Wildman–Crippen MR) is 109 cm³/mol. The Morgan fingerprint density at radius 2 is 1.97 bits per heavy atom. The summed E-state index contributed by atoms with van der Waals surface area (Å²) >= 11 is 0.673. The number of esters is 1. The zero-order valence-corrected chi connectivity index (χ0v) is 17.7. The molecule has 1 aliphatic heterocycles. The fourth-order valence-electron chi connectivity index (χ4n) is 2.42. The molecule has 10 heteroatoms. The zero-order chi connectivity index (χ0) is 22.3. The number of carboxylic acid groups (broad SMARTS) is 1. The first-order chi connectivity index (χ1) is 14.2. The van der Waals surface area contributed by atoms with Gasteiger partial charge in [-0.2, -0.15) is 0 Å². The Balaban J connectivity index is 2.24. The predicted octanol–water partition coefficient (Wildman–Crippen LogP) is 2.78. The summed E-state index contributed by atoms with van der Waals surface area (Å²) in [6, 6.07) is 4.86. The van der Waals surface area contributed by atoms with Crippen LogP contribution >= 0.6 is 11.8 Å². The van der Waals surface area contributed by atoms with Crippen LogP contribution in [0.3, 0.4) is 0 Å². The van der Waals surface area contributed by atoms with Gasteiger partial charge in [0.05, 0.1) is 18.1 Å². The summed E-state index contributed by atoms with van der Waals surface area (Å²) in [5.74, 6) is -1.90. The topological polar surface area (TPSA) is 119 Å². The summed E-state index contributed by atoms with van der Waals surface area (Å²) in [5, 5.41) is 8.31. The highest BCUT2D eigenvalue weighted by Gasteiger charge is 2.37. The quantitative estimate of drug-likeness (QED) is 0.435. The number of nitrogens with zero attached hydrogens (tertiary/aromatic N) is 1. The number of aliphatic carboxylic acids is 1. The smallest absolute Gasteiger partial charge is 0.341 e. The van der Waals surface area contributed by atoms with Gasteiger partial charge in [-0.15, -0.1) is 0 Å². The molecular weight excluding hydrogens is 414 g/mol. The van der Waals surface area contributed by atoms with Crippen molar-refractivity contribution in [3.8, 4) is 11.5 Å². The van der Waals surface area contributed by atoms with Crippen molar-refractivity contribution < 1.29 is 38.5 Å². The van der Waals surface area contributed by atoms with Crippen molar-refractivity contribution in [2.75, 3.05) is 26.4 Å². The second kappa shape index (κ2) is 10.7. The maximum Gasteiger partial charge on any atom is 0.341 e. The normalized spacial score (nSPS) is 15.1. The van der Waals surface area contributed by atoms with E-state index in [-0.39, 0.29) is 23.2 Å². The molecule has 0 unspecified atom stereocenters. The SMILES string of the molecule is CCOc1cccc(/C=C2\SC(=O)N(CC(=O)OCC(C)C)C2=O)c1OCC(=O)O. The molecule has 2 amide bonds. The molecule has 0 atom stereocenters. The van der Waals surface area contributed by atoms with Crippen molar-refractivity contribution >= 4 is 40.9 Å². The molecule has 0 spiro atoms. The molecule has 1 fully saturated rings. The highest BCUT2D eigenvalue weighted by molar-refractivity contribution is 8.18. The number of benzene rings is 1. The van der Waals surface area contributed by atoms with E-state index in [9.17, 15) is 19.2 Å². The fraction of sp³-hybridized carbons (Fsp3) is 0.400. The Bertz CT molecular complexity index is 864.